The van der Waals surface area contributed by atoms with Crippen LogP contribution in [0.4, 0.5) is 0 Å². The van der Waals surface area contributed by atoms with Gasteiger partial charge in [-0.1, -0.05) is 36.4 Å². The molecule has 20 heavy (non-hydrogen) atoms. The number of nitrogens with zero attached hydrogens (tertiary/aromatic N) is 1. The molecule has 0 aliphatic carbocycles. The number of carbonyl (C=O) groups is 1. The number of hydrogen-bond donors (Lipinski definition) is 1. The number of thioether (sulfide) groups is 1. The first-order chi connectivity index (χ1) is 9.84. The van der Waals surface area contributed by atoms with E-state index in [1.54, 1.807) is 30.1 Å². The van der Waals surface area contributed by atoms with E-state index in [2.05, 4.69) is 10.3 Å². The Hall–Kier alpha value is -2.07. The average molecular weight is 284 g/mol. The molecule has 0 aliphatic rings. The molecular formula is C16H16N2OS. The van der Waals surface area contributed by atoms with Crippen LogP contribution in [0.25, 0.3) is 6.08 Å². The van der Waals surface area contributed by atoms with Crippen LogP contribution < -0.4 is 5.32 Å². The molecule has 4 heteroatoms. The van der Waals surface area contributed by atoms with Gasteiger partial charge in [-0.05, 0) is 23.8 Å². The van der Waals surface area contributed by atoms with Crippen molar-refractivity contribution in [3.05, 3.63) is 66.4 Å². The molecule has 0 aliphatic heterocycles. The van der Waals surface area contributed by atoms with Crippen LogP contribution in [0.1, 0.15) is 5.56 Å². The number of hydrogen-bond acceptors (Lipinski definition) is 3. The predicted molar refractivity (Wildman–Crippen MR) is 83.4 cm³/mol. The molecule has 0 bridgehead atoms. The van der Waals surface area contributed by atoms with E-state index in [-0.39, 0.29) is 5.91 Å². The molecule has 0 unspecified atom stereocenters. The van der Waals surface area contributed by atoms with Crippen molar-refractivity contribution in [3.8, 4) is 0 Å². The average Bonchev–Trinajstić information content (AvgIpc) is 2.52. The summed E-state index contributed by atoms with van der Waals surface area (Å²) in [5.41, 5.74) is 1.02. The third kappa shape index (κ3) is 5.28. The molecule has 1 amide bonds. The van der Waals surface area contributed by atoms with Gasteiger partial charge in [0, 0.05) is 24.6 Å². The van der Waals surface area contributed by atoms with Gasteiger partial charge >= 0.3 is 0 Å². The second-order valence-electron chi connectivity index (χ2n) is 4.05. The number of pyridine rings is 1. The lowest BCUT2D eigenvalue weighted by Crippen LogP contribution is -2.23. The minimum atomic E-state index is -0.0736. The number of carbonyl (C=O) groups excluding carboxylic acids is 1. The maximum Gasteiger partial charge on any atom is 0.244 e. The minimum Gasteiger partial charge on any atom is -0.352 e. The van der Waals surface area contributed by atoms with E-state index in [1.165, 1.54) is 0 Å². The Morgan fingerprint density at radius 3 is 2.70 bits per heavy atom. The predicted octanol–water partition coefficient (Wildman–Crippen LogP) is 3.00. The van der Waals surface area contributed by atoms with Crippen LogP contribution in [0.15, 0.2) is 65.8 Å². The maximum atomic E-state index is 11.6. The smallest absolute Gasteiger partial charge is 0.244 e. The lowest BCUT2D eigenvalue weighted by Gasteiger charge is -2.01. The number of aromatic nitrogens is 1. The summed E-state index contributed by atoms with van der Waals surface area (Å²) in [6.07, 6.45) is 5.13. The summed E-state index contributed by atoms with van der Waals surface area (Å²) in [7, 11) is 0. The number of nitrogens with one attached hydrogen (secondary N) is 1. The highest BCUT2D eigenvalue weighted by Crippen LogP contribution is 2.12. The molecule has 0 fully saturated rings. The van der Waals surface area contributed by atoms with Crippen molar-refractivity contribution in [3.63, 3.8) is 0 Å². The Morgan fingerprint density at radius 2 is 1.95 bits per heavy atom. The molecule has 0 saturated heterocycles. The highest BCUT2D eigenvalue weighted by molar-refractivity contribution is 7.99. The fraction of sp³-hybridized carbons (Fsp3) is 0.125. The van der Waals surface area contributed by atoms with Gasteiger partial charge in [0.25, 0.3) is 0 Å². The molecule has 2 rings (SSSR count). The SMILES string of the molecule is O=C(/C=C/c1ccccc1)NCCSc1ccccn1. The number of benzene rings is 1. The van der Waals surface area contributed by atoms with Crippen molar-refractivity contribution in [2.45, 2.75) is 5.03 Å². The quantitative estimate of drug-likeness (QED) is 0.504. The van der Waals surface area contributed by atoms with Crippen LogP contribution in [0.2, 0.25) is 0 Å². The third-order valence-corrected chi connectivity index (χ3v) is 3.46. The lowest BCUT2D eigenvalue weighted by molar-refractivity contribution is -0.116. The van der Waals surface area contributed by atoms with Gasteiger partial charge in [0.1, 0.15) is 0 Å². The second kappa shape index (κ2) is 8.17. The molecule has 1 aromatic heterocycles. The number of rotatable bonds is 6. The molecule has 0 atom stereocenters. The second-order valence-corrected chi connectivity index (χ2v) is 5.17. The summed E-state index contributed by atoms with van der Waals surface area (Å²) >= 11 is 1.63. The Labute approximate surface area is 123 Å². The standard InChI is InChI=1S/C16H16N2OS/c19-15(10-9-14-6-2-1-3-7-14)17-12-13-20-16-8-4-5-11-18-16/h1-11H,12-13H2,(H,17,19)/b10-9+. The summed E-state index contributed by atoms with van der Waals surface area (Å²) in [6, 6.07) is 15.6. The van der Waals surface area contributed by atoms with Crippen molar-refractivity contribution >= 4 is 23.7 Å². The first-order valence-electron chi connectivity index (χ1n) is 6.39. The summed E-state index contributed by atoms with van der Waals surface area (Å²) in [4.78, 5) is 15.8. The van der Waals surface area contributed by atoms with Crippen LogP contribution in [0.3, 0.4) is 0 Å². The summed E-state index contributed by atoms with van der Waals surface area (Å²) < 4.78 is 0. The highest BCUT2D eigenvalue weighted by atomic mass is 32.2. The third-order valence-electron chi connectivity index (χ3n) is 2.52. The van der Waals surface area contributed by atoms with E-state index in [4.69, 9.17) is 0 Å². The molecule has 3 nitrogen and oxygen atoms in total. The molecule has 1 N–H and O–H groups in total. The van der Waals surface area contributed by atoms with Gasteiger partial charge in [-0.3, -0.25) is 4.79 Å². The van der Waals surface area contributed by atoms with Crippen LogP contribution >= 0.6 is 11.8 Å². The monoisotopic (exact) mass is 284 g/mol. The van der Waals surface area contributed by atoms with E-state index in [9.17, 15) is 4.79 Å². The van der Waals surface area contributed by atoms with Crippen molar-refractivity contribution in [1.82, 2.24) is 10.3 Å². The molecule has 1 aromatic carbocycles. The Bertz CT molecular complexity index is 555. The van der Waals surface area contributed by atoms with Crippen molar-refractivity contribution in [2.75, 3.05) is 12.3 Å². The first-order valence-corrected chi connectivity index (χ1v) is 7.38. The molecule has 0 radical (unpaired) electrons. The Morgan fingerprint density at radius 1 is 1.15 bits per heavy atom. The summed E-state index contributed by atoms with van der Waals surface area (Å²) in [5, 5.41) is 3.82. The normalized spacial score (nSPS) is 10.6. The molecule has 0 saturated carbocycles. The van der Waals surface area contributed by atoms with Gasteiger partial charge in [-0.15, -0.1) is 11.8 Å². The van der Waals surface area contributed by atoms with E-state index >= 15 is 0 Å². The molecule has 0 spiro atoms. The van der Waals surface area contributed by atoms with Crippen LogP contribution in [-0.2, 0) is 4.79 Å². The zero-order chi connectivity index (χ0) is 14.0. The zero-order valence-electron chi connectivity index (χ0n) is 11.0. The van der Waals surface area contributed by atoms with Crippen molar-refractivity contribution in [1.29, 1.82) is 0 Å². The zero-order valence-corrected chi connectivity index (χ0v) is 11.8. The van der Waals surface area contributed by atoms with E-state index in [0.717, 1.165) is 16.3 Å². The molecule has 102 valence electrons. The van der Waals surface area contributed by atoms with Gasteiger partial charge < -0.3 is 5.32 Å². The van der Waals surface area contributed by atoms with Crippen LogP contribution in [0.5, 0.6) is 0 Å². The summed E-state index contributed by atoms with van der Waals surface area (Å²) in [6.45, 7) is 0.624. The van der Waals surface area contributed by atoms with E-state index in [1.807, 2.05) is 48.5 Å². The van der Waals surface area contributed by atoms with Gasteiger partial charge in [0.15, 0.2) is 0 Å². The Balaban J connectivity index is 1.67. The maximum absolute atomic E-state index is 11.6. The fourth-order valence-corrected chi connectivity index (χ4v) is 2.28. The van der Waals surface area contributed by atoms with Crippen LogP contribution in [-0.4, -0.2) is 23.2 Å². The summed E-state index contributed by atoms with van der Waals surface area (Å²) in [5.74, 6) is 0.734. The molecule has 2 aromatic rings. The van der Waals surface area contributed by atoms with Gasteiger partial charge in [-0.2, -0.15) is 0 Å². The minimum absolute atomic E-state index is 0.0736. The van der Waals surface area contributed by atoms with Gasteiger partial charge in [0.2, 0.25) is 5.91 Å². The lowest BCUT2D eigenvalue weighted by atomic mass is 10.2. The van der Waals surface area contributed by atoms with Gasteiger partial charge in [0.05, 0.1) is 5.03 Å². The molecular weight excluding hydrogens is 268 g/mol. The first kappa shape index (κ1) is 14.3. The van der Waals surface area contributed by atoms with Crippen LogP contribution in [0, 0.1) is 0 Å². The van der Waals surface area contributed by atoms with Gasteiger partial charge in [-0.25, -0.2) is 4.98 Å². The fourth-order valence-electron chi connectivity index (χ4n) is 1.56. The molecule has 1 heterocycles. The van der Waals surface area contributed by atoms with E-state index in [0.29, 0.717) is 6.54 Å². The topological polar surface area (TPSA) is 42.0 Å². The largest absolute Gasteiger partial charge is 0.352 e. The van der Waals surface area contributed by atoms with Crippen molar-refractivity contribution < 1.29 is 4.79 Å². The van der Waals surface area contributed by atoms with Crippen molar-refractivity contribution in [2.24, 2.45) is 0 Å². The highest BCUT2D eigenvalue weighted by Gasteiger charge is 1.97. The Kier molecular flexibility index (Phi) is 5.86. The number of amides is 1. The van der Waals surface area contributed by atoms with E-state index < -0.39 is 0 Å².